The average molecular weight is 445 g/mol. The molecule has 32 heavy (non-hydrogen) atoms. The third kappa shape index (κ3) is 5.97. The Labute approximate surface area is 180 Å². The minimum Gasteiger partial charge on any atom is -0.459 e. The Morgan fingerprint density at radius 3 is 1.88 bits per heavy atom. The van der Waals surface area contributed by atoms with Crippen molar-refractivity contribution >= 4 is 23.4 Å². The monoisotopic (exact) mass is 445 g/mol. The topological polar surface area (TPSA) is 100 Å². The van der Waals surface area contributed by atoms with E-state index < -0.39 is 23.6 Å². The van der Waals surface area contributed by atoms with Gasteiger partial charge < -0.3 is 20.4 Å². The molecular formula is C22H18F3N3O4. The zero-order chi connectivity index (χ0) is 23.1. The first-order valence-corrected chi connectivity index (χ1v) is 9.42. The molecule has 7 nitrogen and oxygen atoms in total. The molecular weight excluding hydrogens is 427 g/mol. The van der Waals surface area contributed by atoms with Crippen molar-refractivity contribution in [1.29, 1.82) is 0 Å². The molecule has 10 heteroatoms. The van der Waals surface area contributed by atoms with Crippen LogP contribution in [0.25, 0.3) is 0 Å². The molecule has 0 atom stereocenters. The number of hydrogen-bond donors (Lipinski definition) is 3. The van der Waals surface area contributed by atoms with Gasteiger partial charge in [0.25, 0.3) is 17.7 Å². The van der Waals surface area contributed by atoms with Gasteiger partial charge in [-0.15, -0.1) is 0 Å². The van der Waals surface area contributed by atoms with Crippen molar-refractivity contribution < 1.29 is 32.0 Å². The van der Waals surface area contributed by atoms with Crippen LogP contribution in [0.1, 0.15) is 36.8 Å². The van der Waals surface area contributed by atoms with Gasteiger partial charge in [0.1, 0.15) is 0 Å². The molecule has 0 fully saturated rings. The minimum atomic E-state index is -4.48. The molecule has 2 aromatic carbocycles. The number of carbonyl (C=O) groups is 3. The third-order valence-electron chi connectivity index (χ3n) is 4.32. The van der Waals surface area contributed by atoms with E-state index in [0.717, 1.165) is 24.3 Å². The highest BCUT2D eigenvalue weighted by atomic mass is 19.4. The summed E-state index contributed by atoms with van der Waals surface area (Å²) in [7, 11) is 0. The first-order chi connectivity index (χ1) is 15.2. The number of alkyl halides is 3. The second-order valence-electron chi connectivity index (χ2n) is 6.60. The van der Waals surface area contributed by atoms with Crippen molar-refractivity contribution in [3.63, 3.8) is 0 Å². The first kappa shape index (κ1) is 22.6. The highest BCUT2D eigenvalue weighted by Crippen LogP contribution is 2.29. The Morgan fingerprint density at radius 1 is 0.750 bits per heavy atom. The lowest BCUT2D eigenvalue weighted by Gasteiger charge is -2.09. The van der Waals surface area contributed by atoms with Crippen molar-refractivity contribution in [2.24, 2.45) is 0 Å². The van der Waals surface area contributed by atoms with Crippen LogP contribution in [0.2, 0.25) is 0 Å². The lowest BCUT2D eigenvalue weighted by atomic mass is 10.1. The normalized spacial score (nSPS) is 11.0. The van der Waals surface area contributed by atoms with E-state index in [1.165, 1.54) is 36.6 Å². The van der Waals surface area contributed by atoms with Gasteiger partial charge >= 0.3 is 6.18 Å². The second-order valence-corrected chi connectivity index (χ2v) is 6.60. The number of amides is 3. The third-order valence-corrected chi connectivity index (χ3v) is 4.32. The summed E-state index contributed by atoms with van der Waals surface area (Å²) in [6.45, 7) is 0.393. The highest BCUT2D eigenvalue weighted by Gasteiger charge is 2.30. The molecule has 0 aliphatic carbocycles. The maximum absolute atomic E-state index is 12.6. The first-order valence-electron chi connectivity index (χ1n) is 9.42. The summed E-state index contributed by atoms with van der Waals surface area (Å²) in [6, 6.07) is 12.9. The van der Waals surface area contributed by atoms with Gasteiger partial charge in [0.05, 0.1) is 11.8 Å². The van der Waals surface area contributed by atoms with E-state index in [2.05, 4.69) is 16.0 Å². The molecule has 0 bridgehead atoms. The highest BCUT2D eigenvalue weighted by molar-refractivity contribution is 6.04. The van der Waals surface area contributed by atoms with Crippen LogP contribution >= 0.6 is 0 Å². The number of furan rings is 1. The maximum Gasteiger partial charge on any atom is 0.416 e. The van der Waals surface area contributed by atoms with Crippen LogP contribution in [-0.2, 0) is 6.18 Å². The van der Waals surface area contributed by atoms with E-state index in [1.807, 2.05) is 0 Å². The van der Waals surface area contributed by atoms with E-state index in [0.29, 0.717) is 11.3 Å². The van der Waals surface area contributed by atoms with Crippen LogP contribution in [0, 0.1) is 0 Å². The standard InChI is InChI=1S/C22H18F3N3O4/c23-22(24,25)16-7-3-15(4-8-16)20(30)28-17-9-5-14(6-10-17)19(29)26-11-12-27-21(31)18-2-1-13-32-18/h1-10,13H,11-12H2,(H,26,29)(H,27,31)(H,28,30). The van der Waals surface area contributed by atoms with E-state index in [1.54, 1.807) is 6.07 Å². The largest absolute Gasteiger partial charge is 0.459 e. The predicted molar refractivity (Wildman–Crippen MR) is 109 cm³/mol. The van der Waals surface area contributed by atoms with E-state index >= 15 is 0 Å². The fraction of sp³-hybridized carbons (Fsp3) is 0.136. The predicted octanol–water partition coefficient (Wildman–Crippen LogP) is 3.71. The number of hydrogen-bond acceptors (Lipinski definition) is 4. The molecule has 0 aliphatic heterocycles. The molecule has 3 rings (SSSR count). The van der Waals surface area contributed by atoms with Crippen LogP contribution in [0.15, 0.2) is 71.3 Å². The molecule has 3 aromatic rings. The number of halogens is 3. The summed E-state index contributed by atoms with van der Waals surface area (Å²) in [4.78, 5) is 36.1. The number of carbonyl (C=O) groups excluding carboxylic acids is 3. The van der Waals surface area contributed by atoms with Gasteiger partial charge in [0.2, 0.25) is 0 Å². The second kappa shape index (κ2) is 9.82. The van der Waals surface area contributed by atoms with E-state index in [9.17, 15) is 27.6 Å². The molecule has 1 heterocycles. The average Bonchev–Trinajstić information content (AvgIpc) is 3.31. The lowest BCUT2D eigenvalue weighted by molar-refractivity contribution is -0.137. The fourth-order valence-corrected chi connectivity index (χ4v) is 2.67. The van der Waals surface area contributed by atoms with E-state index in [-0.39, 0.29) is 30.3 Å². The molecule has 0 saturated carbocycles. The van der Waals surface area contributed by atoms with Gasteiger partial charge in [-0.25, -0.2) is 0 Å². The van der Waals surface area contributed by atoms with Crippen LogP contribution in [0.3, 0.4) is 0 Å². The number of rotatable bonds is 7. The summed E-state index contributed by atoms with van der Waals surface area (Å²) in [5.41, 5.74) is -0.0755. The SMILES string of the molecule is O=C(NCCNC(=O)c1ccco1)c1ccc(NC(=O)c2ccc(C(F)(F)F)cc2)cc1. The van der Waals surface area contributed by atoms with Gasteiger partial charge in [-0.3, -0.25) is 14.4 Å². The van der Waals surface area contributed by atoms with Crippen LogP contribution < -0.4 is 16.0 Å². The summed E-state index contributed by atoms with van der Waals surface area (Å²) >= 11 is 0. The Bertz CT molecular complexity index is 1080. The zero-order valence-corrected chi connectivity index (χ0v) is 16.5. The summed E-state index contributed by atoms with van der Waals surface area (Å²) in [5, 5.41) is 7.78. The molecule has 0 saturated heterocycles. The van der Waals surface area contributed by atoms with Crippen LogP contribution in [0.5, 0.6) is 0 Å². The molecule has 166 valence electrons. The molecule has 3 N–H and O–H groups in total. The zero-order valence-electron chi connectivity index (χ0n) is 16.5. The van der Waals surface area contributed by atoms with Crippen molar-refractivity contribution in [3.05, 3.63) is 89.4 Å². The van der Waals surface area contributed by atoms with Gasteiger partial charge in [0, 0.05) is 29.9 Å². The molecule has 0 spiro atoms. The summed E-state index contributed by atoms with van der Waals surface area (Å²) in [6.07, 6.45) is -3.09. The number of benzene rings is 2. The molecule has 0 radical (unpaired) electrons. The molecule has 0 aliphatic rings. The van der Waals surface area contributed by atoms with Crippen molar-refractivity contribution in [2.75, 3.05) is 18.4 Å². The molecule has 3 amide bonds. The van der Waals surface area contributed by atoms with Crippen LogP contribution in [0.4, 0.5) is 18.9 Å². The Balaban J connectivity index is 1.47. The lowest BCUT2D eigenvalue weighted by Crippen LogP contribution is -2.34. The Hall–Kier alpha value is -4.08. The van der Waals surface area contributed by atoms with Gasteiger partial charge in [0.15, 0.2) is 5.76 Å². The maximum atomic E-state index is 12.6. The van der Waals surface area contributed by atoms with Crippen molar-refractivity contribution in [1.82, 2.24) is 10.6 Å². The van der Waals surface area contributed by atoms with Crippen LogP contribution in [-0.4, -0.2) is 30.8 Å². The van der Waals surface area contributed by atoms with Crippen molar-refractivity contribution in [3.8, 4) is 0 Å². The minimum absolute atomic E-state index is 0.0661. The molecule has 0 unspecified atom stereocenters. The number of nitrogens with one attached hydrogen (secondary N) is 3. The quantitative estimate of drug-likeness (QED) is 0.483. The smallest absolute Gasteiger partial charge is 0.416 e. The van der Waals surface area contributed by atoms with E-state index in [4.69, 9.17) is 4.42 Å². The van der Waals surface area contributed by atoms with Crippen molar-refractivity contribution in [2.45, 2.75) is 6.18 Å². The Morgan fingerprint density at radius 2 is 1.31 bits per heavy atom. The van der Waals surface area contributed by atoms with Gasteiger partial charge in [-0.2, -0.15) is 13.2 Å². The van der Waals surface area contributed by atoms with Gasteiger partial charge in [-0.1, -0.05) is 0 Å². The fourth-order valence-electron chi connectivity index (χ4n) is 2.67. The summed E-state index contributed by atoms with van der Waals surface area (Å²) in [5.74, 6) is -1.18. The summed E-state index contributed by atoms with van der Waals surface area (Å²) < 4.78 is 42.8. The number of anilines is 1. The molecule has 1 aromatic heterocycles. The Kier molecular flexibility index (Phi) is 6.93. The van der Waals surface area contributed by atoms with Gasteiger partial charge in [-0.05, 0) is 60.7 Å².